The molecular formula is C11H15ClN4O. The predicted octanol–water partition coefficient (Wildman–Crippen LogP) is 1.52. The first-order chi connectivity index (χ1) is 8.06. The molecule has 2 rings (SSSR count). The van der Waals surface area contributed by atoms with Crippen LogP contribution in [0.15, 0.2) is 6.20 Å². The van der Waals surface area contributed by atoms with Crippen LogP contribution in [0.2, 0.25) is 5.28 Å². The highest BCUT2D eigenvalue weighted by Gasteiger charge is 2.25. The third-order valence-corrected chi connectivity index (χ3v) is 2.79. The van der Waals surface area contributed by atoms with Gasteiger partial charge in [-0.25, -0.2) is 9.97 Å². The zero-order valence-corrected chi connectivity index (χ0v) is 10.6. The van der Waals surface area contributed by atoms with Gasteiger partial charge in [-0.3, -0.25) is 4.79 Å². The van der Waals surface area contributed by atoms with E-state index in [0.717, 1.165) is 18.4 Å². The third kappa shape index (κ3) is 3.30. The van der Waals surface area contributed by atoms with E-state index in [9.17, 15) is 4.79 Å². The molecule has 0 aromatic carbocycles. The lowest BCUT2D eigenvalue weighted by atomic mass is 10.2. The number of anilines is 1. The second-order valence-electron chi connectivity index (χ2n) is 4.32. The summed E-state index contributed by atoms with van der Waals surface area (Å²) in [5.41, 5.74) is 0.862. The number of nitrogens with one attached hydrogen (secondary N) is 2. The van der Waals surface area contributed by atoms with Crippen molar-refractivity contribution in [3.63, 3.8) is 0 Å². The van der Waals surface area contributed by atoms with Gasteiger partial charge in [0, 0.05) is 17.8 Å². The summed E-state index contributed by atoms with van der Waals surface area (Å²) in [6.07, 6.45) is 3.79. The lowest BCUT2D eigenvalue weighted by molar-refractivity contribution is -0.121. The molecule has 92 valence electrons. The minimum absolute atomic E-state index is 0.0124. The SMILES string of the molecule is Cc1cnc(Cl)nc1NC(C)C(=O)NC1CC1. The molecule has 1 unspecified atom stereocenters. The molecule has 1 saturated carbocycles. The highest BCUT2D eigenvalue weighted by Crippen LogP contribution is 2.19. The standard InChI is InChI=1S/C11H15ClN4O/c1-6-5-13-11(12)16-9(6)14-7(2)10(17)15-8-3-4-8/h5,7-8H,3-4H2,1-2H3,(H,15,17)(H,13,14,16). The molecule has 1 heterocycles. The van der Waals surface area contributed by atoms with E-state index >= 15 is 0 Å². The summed E-state index contributed by atoms with van der Waals surface area (Å²) >= 11 is 5.71. The van der Waals surface area contributed by atoms with Gasteiger partial charge in [-0.1, -0.05) is 0 Å². The molecule has 5 nitrogen and oxygen atoms in total. The monoisotopic (exact) mass is 254 g/mol. The molecule has 0 spiro atoms. The van der Waals surface area contributed by atoms with Crippen LogP contribution in [0.25, 0.3) is 0 Å². The smallest absolute Gasteiger partial charge is 0.242 e. The van der Waals surface area contributed by atoms with Gasteiger partial charge in [-0.05, 0) is 38.3 Å². The van der Waals surface area contributed by atoms with Gasteiger partial charge in [-0.2, -0.15) is 0 Å². The summed E-state index contributed by atoms with van der Waals surface area (Å²) in [6.45, 7) is 3.66. The molecule has 0 radical (unpaired) electrons. The number of amides is 1. The molecule has 1 amide bonds. The number of nitrogens with zero attached hydrogens (tertiary/aromatic N) is 2. The average molecular weight is 255 g/mol. The van der Waals surface area contributed by atoms with Gasteiger partial charge in [0.2, 0.25) is 11.2 Å². The Morgan fingerprint density at radius 3 is 2.94 bits per heavy atom. The van der Waals surface area contributed by atoms with Crippen molar-refractivity contribution in [2.24, 2.45) is 0 Å². The lowest BCUT2D eigenvalue weighted by Gasteiger charge is -2.15. The summed E-state index contributed by atoms with van der Waals surface area (Å²) < 4.78 is 0. The summed E-state index contributed by atoms with van der Waals surface area (Å²) in [4.78, 5) is 19.7. The molecule has 0 saturated heterocycles. The number of carbonyl (C=O) groups is 1. The highest BCUT2D eigenvalue weighted by atomic mass is 35.5. The van der Waals surface area contributed by atoms with Crippen LogP contribution in [0.5, 0.6) is 0 Å². The number of hydrogen-bond donors (Lipinski definition) is 2. The molecule has 1 aromatic rings. The van der Waals surface area contributed by atoms with E-state index in [0.29, 0.717) is 11.9 Å². The van der Waals surface area contributed by atoms with Crippen molar-refractivity contribution in [3.8, 4) is 0 Å². The fourth-order valence-electron chi connectivity index (χ4n) is 1.39. The van der Waals surface area contributed by atoms with Gasteiger partial charge >= 0.3 is 0 Å². The second-order valence-corrected chi connectivity index (χ2v) is 4.66. The Balaban J connectivity index is 1.98. The lowest BCUT2D eigenvalue weighted by Crippen LogP contribution is -2.39. The summed E-state index contributed by atoms with van der Waals surface area (Å²) in [6, 6.07) is 0.0297. The van der Waals surface area contributed by atoms with Gasteiger partial charge < -0.3 is 10.6 Å². The number of carbonyl (C=O) groups excluding carboxylic acids is 1. The number of hydrogen-bond acceptors (Lipinski definition) is 4. The van der Waals surface area contributed by atoms with E-state index in [-0.39, 0.29) is 17.2 Å². The predicted molar refractivity (Wildman–Crippen MR) is 66.0 cm³/mol. The highest BCUT2D eigenvalue weighted by molar-refractivity contribution is 6.28. The van der Waals surface area contributed by atoms with Crippen LogP contribution in [0.4, 0.5) is 5.82 Å². The fraction of sp³-hybridized carbons (Fsp3) is 0.545. The Labute approximate surface area is 105 Å². The molecule has 2 N–H and O–H groups in total. The Morgan fingerprint density at radius 1 is 1.59 bits per heavy atom. The second kappa shape index (κ2) is 4.87. The molecule has 0 aliphatic heterocycles. The fourth-order valence-corrected chi connectivity index (χ4v) is 1.52. The van der Waals surface area contributed by atoms with E-state index in [2.05, 4.69) is 20.6 Å². The Kier molecular flexibility index (Phi) is 3.47. The number of aryl methyl sites for hydroxylation is 1. The van der Waals surface area contributed by atoms with Crippen molar-refractivity contribution >= 4 is 23.3 Å². The zero-order chi connectivity index (χ0) is 12.4. The molecule has 1 aliphatic rings. The zero-order valence-electron chi connectivity index (χ0n) is 9.83. The van der Waals surface area contributed by atoms with Crippen molar-refractivity contribution in [3.05, 3.63) is 17.0 Å². The molecule has 17 heavy (non-hydrogen) atoms. The molecule has 1 atom stereocenters. The van der Waals surface area contributed by atoms with Crippen LogP contribution >= 0.6 is 11.6 Å². The minimum atomic E-state index is -0.333. The quantitative estimate of drug-likeness (QED) is 0.800. The van der Waals surface area contributed by atoms with E-state index in [1.807, 2.05) is 6.92 Å². The summed E-state index contributed by atoms with van der Waals surface area (Å²) in [5, 5.41) is 6.14. The maximum absolute atomic E-state index is 11.7. The number of rotatable bonds is 4. The van der Waals surface area contributed by atoms with Crippen molar-refractivity contribution < 1.29 is 4.79 Å². The van der Waals surface area contributed by atoms with Crippen molar-refractivity contribution in [1.29, 1.82) is 0 Å². The Bertz CT molecular complexity index is 433. The Hall–Kier alpha value is -1.36. The third-order valence-electron chi connectivity index (χ3n) is 2.61. The maximum Gasteiger partial charge on any atom is 0.242 e. The van der Waals surface area contributed by atoms with Crippen LogP contribution in [0.1, 0.15) is 25.3 Å². The average Bonchev–Trinajstić information content (AvgIpc) is 3.07. The van der Waals surface area contributed by atoms with Gasteiger partial charge in [-0.15, -0.1) is 0 Å². The largest absolute Gasteiger partial charge is 0.358 e. The first-order valence-corrected chi connectivity index (χ1v) is 6.00. The summed E-state index contributed by atoms with van der Waals surface area (Å²) in [7, 11) is 0. The molecule has 1 fully saturated rings. The number of halogens is 1. The topological polar surface area (TPSA) is 66.9 Å². The van der Waals surface area contributed by atoms with Crippen molar-refractivity contribution in [1.82, 2.24) is 15.3 Å². The molecule has 1 aromatic heterocycles. The van der Waals surface area contributed by atoms with E-state index in [1.54, 1.807) is 13.1 Å². The van der Waals surface area contributed by atoms with Gasteiger partial charge in [0.15, 0.2) is 0 Å². The Morgan fingerprint density at radius 2 is 2.29 bits per heavy atom. The van der Waals surface area contributed by atoms with Crippen LogP contribution < -0.4 is 10.6 Å². The first-order valence-electron chi connectivity index (χ1n) is 5.62. The van der Waals surface area contributed by atoms with Crippen molar-refractivity contribution in [2.45, 2.75) is 38.8 Å². The molecule has 0 bridgehead atoms. The normalized spacial score (nSPS) is 16.4. The van der Waals surface area contributed by atoms with E-state index in [1.165, 1.54) is 0 Å². The van der Waals surface area contributed by atoms with Gasteiger partial charge in [0.1, 0.15) is 11.9 Å². The van der Waals surface area contributed by atoms with Gasteiger partial charge in [0.25, 0.3) is 0 Å². The molecule has 1 aliphatic carbocycles. The van der Waals surface area contributed by atoms with E-state index < -0.39 is 0 Å². The van der Waals surface area contributed by atoms with Crippen LogP contribution in [-0.2, 0) is 4.79 Å². The summed E-state index contributed by atoms with van der Waals surface area (Å²) in [5.74, 6) is 0.588. The van der Waals surface area contributed by atoms with Gasteiger partial charge in [0.05, 0.1) is 0 Å². The van der Waals surface area contributed by atoms with Crippen molar-refractivity contribution in [2.75, 3.05) is 5.32 Å². The first kappa shape index (κ1) is 12.1. The number of aromatic nitrogens is 2. The molecular weight excluding hydrogens is 240 g/mol. The van der Waals surface area contributed by atoms with Crippen LogP contribution in [-0.4, -0.2) is 28.0 Å². The minimum Gasteiger partial charge on any atom is -0.358 e. The molecule has 6 heteroatoms. The maximum atomic E-state index is 11.7. The van der Waals surface area contributed by atoms with Crippen LogP contribution in [0.3, 0.4) is 0 Å². The van der Waals surface area contributed by atoms with E-state index in [4.69, 9.17) is 11.6 Å². The van der Waals surface area contributed by atoms with Crippen LogP contribution in [0, 0.1) is 6.92 Å².